The van der Waals surface area contributed by atoms with Gasteiger partial charge in [0.05, 0.1) is 5.41 Å². The molecule has 1 aromatic carbocycles. The summed E-state index contributed by atoms with van der Waals surface area (Å²) in [6, 6.07) is 8.69. The van der Waals surface area contributed by atoms with Crippen molar-refractivity contribution in [2.75, 3.05) is 7.05 Å². The number of rotatable bonds is 1. The van der Waals surface area contributed by atoms with Crippen molar-refractivity contribution in [1.82, 2.24) is 0 Å². The van der Waals surface area contributed by atoms with Crippen LogP contribution in [0.15, 0.2) is 36.4 Å². The highest BCUT2D eigenvalue weighted by molar-refractivity contribution is 6.02. The standard InChI is InChI=1S/C17H24N/c1-16(2,3)12-11-15-17(4,5)13-9-7-8-10-14(13)18(15)6/h7-12H,1-6H3/q+1/b12-11-. The van der Waals surface area contributed by atoms with Crippen LogP contribution in [0.3, 0.4) is 0 Å². The highest BCUT2D eigenvalue weighted by Crippen LogP contribution is 2.39. The van der Waals surface area contributed by atoms with Crippen LogP contribution in [-0.4, -0.2) is 17.3 Å². The predicted molar refractivity (Wildman–Crippen MR) is 78.9 cm³/mol. The average Bonchev–Trinajstić information content (AvgIpc) is 2.45. The average molecular weight is 242 g/mol. The Kier molecular flexibility index (Phi) is 2.96. The molecule has 0 fully saturated rings. The van der Waals surface area contributed by atoms with Crippen molar-refractivity contribution >= 4 is 11.4 Å². The minimum absolute atomic E-state index is 0.0904. The summed E-state index contributed by atoms with van der Waals surface area (Å²) in [5, 5.41) is 0. The number of benzene rings is 1. The zero-order chi connectivity index (χ0) is 13.6. The van der Waals surface area contributed by atoms with Gasteiger partial charge in [0.25, 0.3) is 0 Å². The van der Waals surface area contributed by atoms with Crippen LogP contribution in [0.4, 0.5) is 5.69 Å². The lowest BCUT2D eigenvalue weighted by Gasteiger charge is -2.17. The highest BCUT2D eigenvalue weighted by atomic mass is 15.0. The van der Waals surface area contributed by atoms with E-state index in [4.69, 9.17) is 0 Å². The Hall–Kier alpha value is -1.37. The van der Waals surface area contributed by atoms with E-state index in [0.717, 1.165) is 0 Å². The van der Waals surface area contributed by atoms with E-state index < -0.39 is 0 Å². The third-order valence-electron chi connectivity index (χ3n) is 3.68. The first-order valence-electron chi connectivity index (χ1n) is 6.63. The van der Waals surface area contributed by atoms with Crippen LogP contribution in [0.1, 0.15) is 40.2 Å². The Morgan fingerprint density at radius 1 is 1.11 bits per heavy atom. The fourth-order valence-electron chi connectivity index (χ4n) is 2.63. The molecule has 0 N–H and O–H groups in total. The summed E-state index contributed by atoms with van der Waals surface area (Å²) in [7, 11) is 2.16. The molecule has 0 saturated heterocycles. The molecule has 18 heavy (non-hydrogen) atoms. The molecule has 1 aliphatic heterocycles. The fourth-order valence-corrected chi connectivity index (χ4v) is 2.63. The van der Waals surface area contributed by atoms with E-state index in [2.05, 4.69) is 82.7 Å². The van der Waals surface area contributed by atoms with Crippen molar-refractivity contribution in [3.63, 3.8) is 0 Å². The maximum atomic E-state index is 2.32. The fraction of sp³-hybridized carbons (Fsp3) is 0.471. The second-order valence-electron chi connectivity index (χ2n) is 6.79. The molecule has 2 rings (SSSR count). The largest absolute Gasteiger partial charge is 0.209 e. The number of hydrogen-bond acceptors (Lipinski definition) is 0. The van der Waals surface area contributed by atoms with Gasteiger partial charge in [0.15, 0.2) is 5.71 Å². The molecular formula is C17H24N+. The smallest absolute Gasteiger partial charge is 0.198 e. The quantitative estimate of drug-likeness (QED) is 0.646. The zero-order valence-corrected chi connectivity index (χ0v) is 12.4. The number of hydrogen-bond donors (Lipinski definition) is 0. The maximum Gasteiger partial charge on any atom is 0.209 e. The lowest BCUT2D eigenvalue weighted by Crippen LogP contribution is -2.27. The van der Waals surface area contributed by atoms with Crippen molar-refractivity contribution in [3.8, 4) is 0 Å². The molecule has 1 heterocycles. The lowest BCUT2D eigenvalue weighted by molar-refractivity contribution is -0.401. The van der Waals surface area contributed by atoms with Crippen molar-refractivity contribution in [2.24, 2.45) is 5.41 Å². The highest BCUT2D eigenvalue weighted by Gasteiger charge is 2.42. The summed E-state index contributed by atoms with van der Waals surface area (Å²) < 4.78 is 2.32. The van der Waals surface area contributed by atoms with Crippen LogP contribution in [-0.2, 0) is 5.41 Å². The first kappa shape index (κ1) is 13.1. The summed E-state index contributed by atoms with van der Waals surface area (Å²) in [6.07, 6.45) is 4.59. The monoisotopic (exact) mass is 242 g/mol. The minimum atomic E-state index is 0.0904. The Labute approximate surface area is 111 Å². The Morgan fingerprint density at radius 2 is 1.72 bits per heavy atom. The van der Waals surface area contributed by atoms with E-state index in [1.807, 2.05) is 0 Å². The summed E-state index contributed by atoms with van der Waals surface area (Å²) >= 11 is 0. The molecular weight excluding hydrogens is 218 g/mol. The van der Waals surface area contributed by atoms with Crippen LogP contribution >= 0.6 is 0 Å². The summed E-state index contributed by atoms with van der Waals surface area (Å²) in [5.41, 5.74) is 4.43. The van der Waals surface area contributed by atoms with E-state index >= 15 is 0 Å². The molecule has 1 heteroatoms. The van der Waals surface area contributed by atoms with Gasteiger partial charge in [-0.05, 0) is 19.3 Å². The zero-order valence-electron chi connectivity index (χ0n) is 12.4. The molecule has 0 radical (unpaired) electrons. The van der Waals surface area contributed by atoms with Gasteiger partial charge in [-0.1, -0.05) is 45.0 Å². The van der Waals surface area contributed by atoms with Gasteiger partial charge in [0.2, 0.25) is 5.69 Å². The molecule has 0 amide bonds. The predicted octanol–water partition coefficient (Wildman–Crippen LogP) is 4.29. The minimum Gasteiger partial charge on any atom is -0.198 e. The Bertz CT molecular complexity index is 525. The second kappa shape index (κ2) is 4.08. The number of para-hydroxylation sites is 1. The molecule has 0 aliphatic carbocycles. The van der Waals surface area contributed by atoms with Crippen LogP contribution in [0.25, 0.3) is 0 Å². The topological polar surface area (TPSA) is 3.01 Å². The molecule has 0 atom stereocenters. The van der Waals surface area contributed by atoms with Crippen molar-refractivity contribution in [1.29, 1.82) is 0 Å². The van der Waals surface area contributed by atoms with Crippen LogP contribution in [0.5, 0.6) is 0 Å². The van der Waals surface area contributed by atoms with E-state index in [0.29, 0.717) is 0 Å². The van der Waals surface area contributed by atoms with Crippen LogP contribution in [0, 0.1) is 5.41 Å². The maximum absolute atomic E-state index is 2.32. The van der Waals surface area contributed by atoms with E-state index in [1.54, 1.807) is 0 Å². The lowest BCUT2D eigenvalue weighted by atomic mass is 9.80. The Balaban J connectivity index is 2.51. The van der Waals surface area contributed by atoms with E-state index in [-0.39, 0.29) is 10.8 Å². The molecule has 1 aliphatic rings. The van der Waals surface area contributed by atoms with Gasteiger partial charge in [-0.3, -0.25) is 0 Å². The van der Waals surface area contributed by atoms with Gasteiger partial charge in [-0.25, -0.2) is 0 Å². The third kappa shape index (κ3) is 2.14. The first-order valence-corrected chi connectivity index (χ1v) is 6.63. The van der Waals surface area contributed by atoms with Crippen molar-refractivity contribution in [3.05, 3.63) is 42.0 Å². The molecule has 0 aromatic heterocycles. The molecule has 1 nitrogen and oxygen atoms in total. The van der Waals surface area contributed by atoms with Crippen LogP contribution in [0.2, 0.25) is 0 Å². The second-order valence-corrected chi connectivity index (χ2v) is 6.79. The summed E-state index contributed by atoms with van der Waals surface area (Å²) in [5.74, 6) is 0. The molecule has 1 aromatic rings. The number of fused-ring (bicyclic) bond motifs is 1. The van der Waals surface area contributed by atoms with Gasteiger partial charge in [-0.2, -0.15) is 4.58 Å². The van der Waals surface area contributed by atoms with E-state index in [9.17, 15) is 0 Å². The molecule has 0 bridgehead atoms. The summed E-state index contributed by atoms with van der Waals surface area (Å²) in [4.78, 5) is 0. The Morgan fingerprint density at radius 3 is 2.28 bits per heavy atom. The van der Waals surface area contributed by atoms with Gasteiger partial charge >= 0.3 is 0 Å². The SMILES string of the molecule is C[N+]1=C(/C=C\C(C)(C)C)C(C)(C)c2ccccc21. The van der Waals surface area contributed by atoms with Gasteiger partial charge in [0.1, 0.15) is 7.05 Å². The van der Waals surface area contributed by atoms with Crippen molar-refractivity contribution < 1.29 is 4.58 Å². The third-order valence-corrected chi connectivity index (χ3v) is 3.68. The van der Waals surface area contributed by atoms with Crippen LogP contribution < -0.4 is 0 Å². The molecule has 0 spiro atoms. The summed E-state index contributed by atoms with van der Waals surface area (Å²) in [6.45, 7) is 11.3. The number of allylic oxidation sites excluding steroid dienone is 2. The molecule has 0 saturated carbocycles. The van der Waals surface area contributed by atoms with Gasteiger partial charge in [-0.15, -0.1) is 0 Å². The molecule has 96 valence electrons. The van der Waals surface area contributed by atoms with E-state index in [1.165, 1.54) is 17.0 Å². The first-order chi connectivity index (χ1) is 8.23. The normalized spacial score (nSPS) is 18.6. The number of nitrogens with zero attached hydrogens (tertiary/aromatic N) is 1. The van der Waals surface area contributed by atoms with Crippen molar-refractivity contribution in [2.45, 2.75) is 40.0 Å². The van der Waals surface area contributed by atoms with Gasteiger partial charge in [0, 0.05) is 17.7 Å². The van der Waals surface area contributed by atoms with Gasteiger partial charge < -0.3 is 0 Å². The molecule has 0 unspecified atom stereocenters.